The Labute approximate surface area is 101 Å². The molecule has 0 spiro atoms. The molecule has 0 unspecified atom stereocenters. The molecule has 3 nitrogen and oxygen atoms in total. The molecular weight excluding hydrogens is 212 g/mol. The van der Waals surface area contributed by atoms with Crippen molar-refractivity contribution in [3.63, 3.8) is 0 Å². The fourth-order valence-electron chi connectivity index (χ4n) is 2.68. The van der Waals surface area contributed by atoms with Gasteiger partial charge in [-0.25, -0.2) is 4.98 Å². The second-order valence-corrected chi connectivity index (χ2v) is 5.62. The lowest BCUT2D eigenvalue weighted by atomic mass is 9.78. The third kappa shape index (κ3) is 1.61. The Morgan fingerprint density at radius 2 is 2.24 bits per heavy atom. The highest BCUT2D eigenvalue weighted by Gasteiger charge is 2.29. The molecule has 0 saturated heterocycles. The molecule has 1 aliphatic rings. The molecular formula is C14H18N2O. The largest absolute Gasteiger partial charge is 0.493 e. The highest BCUT2D eigenvalue weighted by atomic mass is 16.5. The van der Waals surface area contributed by atoms with Gasteiger partial charge in [-0.1, -0.05) is 13.8 Å². The van der Waals surface area contributed by atoms with E-state index in [9.17, 15) is 0 Å². The van der Waals surface area contributed by atoms with Gasteiger partial charge >= 0.3 is 0 Å². The van der Waals surface area contributed by atoms with Gasteiger partial charge in [-0.15, -0.1) is 0 Å². The molecule has 0 bridgehead atoms. The zero-order valence-corrected chi connectivity index (χ0v) is 10.7. The molecule has 0 fully saturated rings. The fraction of sp³-hybridized carbons (Fsp3) is 0.500. The summed E-state index contributed by atoms with van der Waals surface area (Å²) in [7, 11) is 1.70. The smallest absolute Gasteiger partial charge is 0.180 e. The Hall–Kier alpha value is -1.51. The number of aryl methyl sites for hydroxylation is 1. The lowest BCUT2D eigenvalue weighted by molar-refractivity contribution is 0.309. The molecule has 0 radical (unpaired) electrons. The van der Waals surface area contributed by atoms with Crippen molar-refractivity contribution >= 4 is 5.65 Å². The van der Waals surface area contributed by atoms with Crippen molar-refractivity contribution in [2.24, 2.45) is 5.41 Å². The van der Waals surface area contributed by atoms with Crippen molar-refractivity contribution < 1.29 is 4.74 Å². The first-order valence-electron chi connectivity index (χ1n) is 6.13. The van der Waals surface area contributed by atoms with Crippen molar-refractivity contribution in [3.8, 4) is 5.75 Å². The molecule has 1 aliphatic carbocycles. The molecule has 90 valence electrons. The number of nitrogens with zero attached hydrogens (tertiary/aromatic N) is 2. The molecule has 3 rings (SSSR count). The zero-order valence-electron chi connectivity index (χ0n) is 10.7. The second kappa shape index (κ2) is 3.49. The van der Waals surface area contributed by atoms with Gasteiger partial charge in [0.1, 0.15) is 0 Å². The van der Waals surface area contributed by atoms with E-state index in [-0.39, 0.29) is 0 Å². The molecule has 0 aromatic carbocycles. The first kappa shape index (κ1) is 10.6. The summed E-state index contributed by atoms with van der Waals surface area (Å²) in [6.07, 6.45) is 5.47. The summed E-state index contributed by atoms with van der Waals surface area (Å²) in [5, 5.41) is 0. The van der Waals surface area contributed by atoms with Crippen molar-refractivity contribution in [1.29, 1.82) is 0 Å². The third-order valence-corrected chi connectivity index (χ3v) is 3.70. The van der Waals surface area contributed by atoms with Gasteiger partial charge in [0.25, 0.3) is 0 Å². The summed E-state index contributed by atoms with van der Waals surface area (Å²) < 4.78 is 7.56. The monoisotopic (exact) mass is 230 g/mol. The van der Waals surface area contributed by atoms with Gasteiger partial charge in [0.2, 0.25) is 0 Å². The van der Waals surface area contributed by atoms with Crippen LogP contribution in [0.3, 0.4) is 0 Å². The number of fused-ring (bicyclic) bond motifs is 3. The van der Waals surface area contributed by atoms with E-state index in [0.29, 0.717) is 5.41 Å². The van der Waals surface area contributed by atoms with Crippen molar-refractivity contribution in [2.75, 3.05) is 7.11 Å². The van der Waals surface area contributed by atoms with Crippen LogP contribution in [0.25, 0.3) is 5.65 Å². The van der Waals surface area contributed by atoms with E-state index < -0.39 is 0 Å². The minimum absolute atomic E-state index is 0.381. The van der Waals surface area contributed by atoms with Crippen molar-refractivity contribution in [1.82, 2.24) is 9.38 Å². The van der Waals surface area contributed by atoms with Crippen LogP contribution >= 0.6 is 0 Å². The Balaban J connectivity index is 2.23. The van der Waals surface area contributed by atoms with E-state index in [0.717, 1.165) is 24.2 Å². The van der Waals surface area contributed by atoms with Crippen LogP contribution in [0, 0.1) is 5.41 Å². The number of hydrogen-bond donors (Lipinski definition) is 0. The number of methoxy groups -OCH3 is 1. The van der Waals surface area contributed by atoms with Crippen LogP contribution < -0.4 is 4.74 Å². The van der Waals surface area contributed by atoms with Crippen LogP contribution in [0.2, 0.25) is 0 Å². The third-order valence-electron chi connectivity index (χ3n) is 3.70. The van der Waals surface area contributed by atoms with Gasteiger partial charge in [0.15, 0.2) is 11.4 Å². The fourth-order valence-corrected chi connectivity index (χ4v) is 2.68. The highest BCUT2D eigenvalue weighted by Crippen LogP contribution is 2.36. The highest BCUT2D eigenvalue weighted by molar-refractivity contribution is 5.56. The number of hydrogen-bond acceptors (Lipinski definition) is 2. The van der Waals surface area contributed by atoms with Crippen molar-refractivity contribution in [2.45, 2.75) is 33.1 Å². The maximum absolute atomic E-state index is 5.37. The van der Waals surface area contributed by atoms with Gasteiger partial charge < -0.3 is 9.14 Å². The Morgan fingerprint density at radius 1 is 1.41 bits per heavy atom. The summed E-state index contributed by atoms with van der Waals surface area (Å²) in [5.74, 6) is 0.861. The van der Waals surface area contributed by atoms with Crippen LogP contribution in [-0.2, 0) is 12.8 Å². The number of aromatic nitrogens is 2. The first-order chi connectivity index (χ1) is 8.11. The topological polar surface area (TPSA) is 26.5 Å². The normalized spacial score (nSPS) is 18.1. The van der Waals surface area contributed by atoms with Gasteiger partial charge in [-0.05, 0) is 36.8 Å². The van der Waals surface area contributed by atoms with Crippen LogP contribution in [-0.4, -0.2) is 16.5 Å². The zero-order chi connectivity index (χ0) is 12.0. The molecule has 3 heteroatoms. The van der Waals surface area contributed by atoms with Gasteiger partial charge in [-0.2, -0.15) is 0 Å². The van der Waals surface area contributed by atoms with Crippen LogP contribution in [0.4, 0.5) is 0 Å². The van der Waals surface area contributed by atoms with E-state index in [2.05, 4.69) is 24.4 Å². The lowest BCUT2D eigenvalue weighted by Gasteiger charge is -2.28. The predicted molar refractivity (Wildman–Crippen MR) is 67.6 cm³/mol. The Kier molecular flexibility index (Phi) is 2.18. The first-order valence-corrected chi connectivity index (χ1v) is 6.13. The maximum atomic E-state index is 5.37. The summed E-state index contributed by atoms with van der Waals surface area (Å²) >= 11 is 0. The average molecular weight is 230 g/mol. The molecule has 0 amide bonds. The minimum Gasteiger partial charge on any atom is -0.493 e. The number of ether oxygens (including phenoxy) is 1. The molecule has 0 saturated carbocycles. The average Bonchev–Trinajstić information content (AvgIpc) is 2.65. The summed E-state index contributed by atoms with van der Waals surface area (Å²) in [6, 6.07) is 3.99. The van der Waals surface area contributed by atoms with Gasteiger partial charge in [0.05, 0.1) is 12.8 Å². The van der Waals surface area contributed by atoms with Gasteiger partial charge in [-0.3, -0.25) is 0 Å². The molecule has 0 atom stereocenters. The Bertz CT molecular complexity index is 569. The predicted octanol–water partition coefficient (Wildman–Crippen LogP) is 2.86. The number of pyridine rings is 1. The van der Waals surface area contributed by atoms with Crippen LogP contribution in [0.15, 0.2) is 18.3 Å². The van der Waals surface area contributed by atoms with E-state index in [4.69, 9.17) is 9.72 Å². The number of rotatable bonds is 1. The lowest BCUT2D eigenvalue weighted by Crippen LogP contribution is -2.22. The molecule has 2 heterocycles. The minimum atomic E-state index is 0.381. The summed E-state index contributed by atoms with van der Waals surface area (Å²) in [6.45, 7) is 4.66. The SMILES string of the molecule is COc1cccn2c3c(nc12)CCC(C)(C)C3. The standard InChI is InChI=1S/C14H18N2O/c1-14(2)7-6-10-11(9-14)16-8-4-5-12(17-3)13(16)15-10/h4-5,8H,6-7,9H2,1-3H3. The Morgan fingerprint density at radius 3 is 3.00 bits per heavy atom. The number of imidazole rings is 1. The van der Waals surface area contributed by atoms with E-state index in [1.165, 1.54) is 17.8 Å². The van der Waals surface area contributed by atoms with Crippen molar-refractivity contribution in [3.05, 3.63) is 29.7 Å². The quantitative estimate of drug-likeness (QED) is 0.753. The molecule has 0 aliphatic heterocycles. The summed E-state index contributed by atoms with van der Waals surface area (Å²) in [5.41, 5.74) is 3.94. The molecule has 17 heavy (non-hydrogen) atoms. The van der Waals surface area contributed by atoms with E-state index in [1.807, 2.05) is 12.1 Å². The molecule has 2 aromatic heterocycles. The van der Waals surface area contributed by atoms with Gasteiger partial charge in [0, 0.05) is 11.9 Å². The maximum Gasteiger partial charge on any atom is 0.180 e. The summed E-state index contributed by atoms with van der Waals surface area (Å²) in [4.78, 5) is 4.73. The molecule has 2 aromatic rings. The van der Waals surface area contributed by atoms with E-state index in [1.54, 1.807) is 7.11 Å². The molecule has 0 N–H and O–H groups in total. The second-order valence-electron chi connectivity index (χ2n) is 5.62. The van der Waals surface area contributed by atoms with Crippen LogP contribution in [0.1, 0.15) is 31.7 Å². The van der Waals surface area contributed by atoms with Crippen LogP contribution in [0.5, 0.6) is 5.75 Å². The van der Waals surface area contributed by atoms with E-state index >= 15 is 0 Å².